The number of carbonyl (C=O) groups excluding carboxylic acids is 1. The number of amides is 1. The summed E-state index contributed by atoms with van der Waals surface area (Å²) in [5.41, 5.74) is 1.02. The molecule has 0 saturated heterocycles. The van der Waals surface area contributed by atoms with E-state index in [1.54, 1.807) is 0 Å². The highest BCUT2D eigenvalue weighted by molar-refractivity contribution is 5.77. The maximum absolute atomic E-state index is 11.7. The molecule has 0 aliphatic carbocycles. The molecule has 0 saturated carbocycles. The molecule has 1 unspecified atom stereocenters. The lowest BCUT2D eigenvalue weighted by atomic mass is 10.0. The maximum atomic E-state index is 11.7. The summed E-state index contributed by atoms with van der Waals surface area (Å²) in [6, 6.07) is 7.60. The summed E-state index contributed by atoms with van der Waals surface area (Å²) >= 11 is 0. The molecule has 1 rings (SSSR count). The van der Waals surface area contributed by atoms with Gasteiger partial charge in [0.1, 0.15) is 5.75 Å². The van der Waals surface area contributed by atoms with Gasteiger partial charge >= 0.3 is 5.97 Å². The molecule has 0 aliphatic rings. The molecule has 1 aromatic rings. The monoisotopic (exact) mass is 293 g/mol. The van der Waals surface area contributed by atoms with E-state index >= 15 is 0 Å². The van der Waals surface area contributed by atoms with E-state index in [9.17, 15) is 9.59 Å². The molecule has 0 spiro atoms. The molecular weight excluding hydrogens is 270 g/mol. The smallest absolute Gasteiger partial charge is 0.308 e. The maximum Gasteiger partial charge on any atom is 0.308 e. The lowest BCUT2D eigenvalue weighted by Gasteiger charge is -2.13. The molecular formula is C16H23NO4. The van der Waals surface area contributed by atoms with Gasteiger partial charge in [-0.3, -0.25) is 9.59 Å². The fraction of sp³-hybridized carbons (Fsp3) is 0.500. The van der Waals surface area contributed by atoms with Gasteiger partial charge in [0.05, 0.1) is 18.9 Å². The summed E-state index contributed by atoms with van der Waals surface area (Å²) in [5, 5.41) is 11.6. The van der Waals surface area contributed by atoms with Gasteiger partial charge in [0.25, 0.3) is 0 Å². The van der Waals surface area contributed by atoms with Crippen LogP contribution in [0, 0.1) is 12.8 Å². The number of aliphatic carboxylic acids is 1. The third-order valence-electron chi connectivity index (χ3n) is 3.21. The van der Waals surface area contributed by atoms with Crippen molar-refractivity contribution in [3.8, 4) is 5.75 Å². The molecule has 0 heterocycles. The van der Waals surface area contributed by atoms with Gasteiger partial charge in [-0.2, -0.15) is 0 Å². The van der Waals surface area contributed by atoms with Crippen molar-refractivity contribution in [3.63, 3.8) is 0 Å². The molecule has 0 fully saturated rings. The van der Waals surface area contributed by atoms with Crippen molar-refractivity contribution >= 4 is 11.9 Å². The second kappa shape index (κ2) is 9.00. The lowest BCUT2D eigenvalue weighted by molar-refractivity contribution is -0.141. The zero-order valence-corrected chi connectivity index (χ0v) is 12.6. The molecule has 5 nitrogen and oxygen atoms in total. The Kier molecular flexibility index (Phi) is 7.29. The summed E-state index contributed by atoms with van der Waals surface area (Å²) in [4.78, 5) is 22.6. The highest BCUT2D eigenvalue weighted by Crippen LogP contribution is 2.16. The van der Waals surface area contributed by atoms with Crippen molar-refractivity contribution in [3.05, 3.63) is 29.8 Å². The summed E-state index contributed by atoms with van der Waals surface area (Å²) in [6.45, 7) is 4.32. The van der Waals surface area contributed by atoms with E-state index < -0.39 is 11.9 Å². The Bertz CT molecular complexity index is 473. The first kappa shape index (κ1) is 17.0. The van der Waals surface area contributed by atoms with Crippen molar-refractivity contribution in [2.75, 3.05) is 13.2 Å². The van der Waals surface area contributed by atoms with Crippen molar-refractivity contribution < 1.29 is 19.4 Å². The largest absolute Gasteiger partial charge is 0.493 e. The van der Waals surface area contributed by atoms with Crippen LogP contribution >= 0.6 is 0 Å². The zero-order valence-electron chi connectivity index (χ0n) is 12.6. The predicted molar refractivity (Wildman–Crippen MR) is 80.3 cm³/mol. The van der Waals surface area contributed by atoms with Crippen LogP contribution in [-0.4, -0.2) is 30.1 Å². The summed E-state index contributed by atoms with van der Waals surface area (Å²) < 4.78 is 5.53. The van der Waals surface area contributed by atoms with Crippen LogP contribution < -0.4 is 10.1 Å². The number of hydrogen-bond acceptors (Lipinski definition) is 3. The van der Waals surface area contributed by atoms with E-state index in [1.165, 1.54) is 0 Å². The summed E-state index contributed by atoms with van der Waals surface area (Å²) in [7, 11) is 0. The van der Waals surface area contributed by atoms with E-state index in [4.69, 9.17) is 9.84 Å². The number of hydrogen-bond donors (Lipinski definition) is 2. The molecule has 0 aliphatic heterocycles. The molecule has 0 bridgehead atoms. The molecule has 1 amide bonds. The topological polar surface area (TPSA) is 75.6 Å². The Morgan fingerprint density at radius 1 is 1.33 bits per heavy atom. The van der Waals surface area contributed by atoms with Gasteiger partial charge < -0.3 is 15.2 Å². The number of benzene rings is 1. The summed E-state index contributed by atoms with van der Waals surface area (Å²) in [5.74, 6) is -0.810. The number of carbonyl (C=O) groups is 2. The number of nitrogens with one attached hydrogen (secondary N) is 1. The van der Waals surface area contributed by atoms with Crippen LogP contribution in [0.4, 0.5) is 0 Å². The van der Waals surface area contributed by atoms with Gasteiger partial charge in [0.15, 0.2) is 0 Å². The number of rotatable bonds is 9. The van der Waals surface area contributed by atoms with Crippen LogP contribution in [0.15, 0.2) is 24.3 Å². The zero-order chi connectivity index (χ0) is 15.7. The van der Waals surface area contributed by atoms with Gasteiger partial charge in [-0.25, -0.2) is 0 Å². The van der Waals surface area contributed by atoms with Gasteiger partial charge in [-0.1, -0.05) is 31.5 Å². The van der Waals surface area contributed by atoms with Crippen LogP contribution in [0.3, 0.4) is 0 Å². The van der Waals surface area contributed by atoms with Crippen LogP contribution in [0.1, 0.15) is 31.7 Å². The standard InChI is InChI=1S/C16H23NO4/c1-3-6-13(16(19)20)11-17-15(18)9-10-21-14-8-5-4-7-12(14)2/h4-5,7-8,13H,3,6,9-11H2,1-2H3,(H,17,18)(H,19,20). The molecule has 116 valence electrons. The number of carboxylic acids is 1. The van der Waals surface area contributed by atoms with E-state index in [1.807, 2.05) is 38.1 Å². The van der Waals surface area contributed by atoms with Crippen molar-refractivity contribution in [2.24, 2.45) is 5.92 Å². The van der Waals surface area contributed by atoms with Gasteiger partial charge in [0.2, 0.25) is 5.91 Å². The van der Waals surface area contributed by atoms with E-state index in [2.05, 4.69) is 5.32 Å². The van der Waals surface area contributed by atoms with Crippen molar-refractivity contribution in [2.45, 2.75) is 33.1 Å². The minimum Gasteiger partial charge on any atom is -0.493 e. The molecule has 0 radical (unpaired) electrons. The van der Waals surface area contributed by atoms with Gasteiger partial charge in [-0.05, 0) is 25.0 Å². The quantitative estimate of drug-likeness (QED) is 0.733. The first-order valence-electron chi connectivity index (χ1n) is 7.22. The van der Waals surface area contributed by atoms with E-state index in [0.717, 1.165) is 17.7 Å². The SMILES string of the molecule is CCCC(CNC(=O)CCOc1ccccc1C)C(=O)O. The highest BCUT2D eigenvalue weighted by Gasteiger charge is 2.17. The van der Waals surface area contributed by atoms with E-state index in [0.29, 0.717) is 6.42 Å². The Labute approximate surface area is 125 Å². The molecule has 5 heteroatoms. The highest BCUT2D eigenvalue weighted by atomic mass is 16.5. The van der Waals surface area contributed by atoms with Crippen LogP contribution in [-0.2, 0) is 9.59 Å². The Morgan fingerprint density at radius 3 is 2.67 bits per heavy atom. The normalized spacial score (nSPS) is 11.7. The molecule has 2 N–H and O–H groups in total. The van der Waals surface area contributed by atoms with Crippen LogP contribution in [0.5, 0.6) is 5.75 Å². The minimum atomic E-state index is -0.867. The molecule has 0 aromatic heterocycles. The number of para-hydroxylation sites is 1. The average molecular weight is 293 g/mol. The fourth-order valence-electron chi connectivity index (χ4n) is 1.96. The Morgan fingerprint density at radius 2 is 2.05 bits per heavy atom. The first-order chi connectivity index (χ1) is 10.0. The average Bonchev–Trinajstić information content (AvgIpc) is 2.45. The number of ether oxygens (including phenoxy) is 1. The lowest BCUT2D eigenvalue weighted by Crippen LogP contribution is -2.33. The van der Waals surface area contributed by atoms with Gasteiger partial charge in [-0.15, -0.1) is 0 Å². The third-order valence-corrected chi connectivity index (χ3v) is 3.21. The second-order valence-corrected chi connectivity index (χ2v) is 4.99. The third kappa shape index (κ3) is 6.29. The fourth-order valence-corrected chi connectivity index (χ4v) is 1.96. The van der Waals surface area contributed by atoms with Crippen LogP contribution in [0.25, 0.3) is 0 Å². The Balaban J connectivity index is 2.28. The second-order valence-electron chi connectivity index (χ2n) is 4.99. The predicted octanol–water partition coefficient (Wildman–Crippen LogP) is 2.38. The van der Waals surface area contributed by atoms with Gasteiger partial charge in [0, 0.05) is 6.54 Å². The summed E-state index contributed by atoms with van der Waals surface area (Å²) in [6.07, 6.45) is 1.56. The molecule has 21 heavy (non-hydrogen) atoms. The van der Waals surface area contributed by atoms with Crippen molar-refractivity contribution in [1.29, 1.82) is 0 Å². The Hall–Kier alpha value is -2.04. The van der Waals surface area contributed by atoms with Crippen LogP contribution in [0.2, 0.25) is 0 Å². The molecule has 1 atom stereocenters. The minimum absolute atomic E-state index is 0.173. The number of carboxylic acid groups (broad SMARTS) is 1. The first-order valence-corrected chi connectivity index (χ1v) is 7.22. The van der Waals surface area contributed by atoms with Crippen molar-refractivity contribution in [1.82, 2.24) is 5.32 Å². The molecule has 1 aromatic carbocycles. The van der Waals surface area contributed by atoms with E-state index in [-0.39, 0.29) is 25.5 Å². The number of aryl methyl sites for hydroxylation is 1.